The van der Waals surface area contributed by atoms with Crippen molar-refractivity contribution in [3.63, 3.8) is 0 Å². The van der Waals surface area contributed by atoms with Crippen LogP contribution in [0.25, 0.3) is 10.4 Å². The molecule has 1 spiro atoms. The summed E-state index contributed by atoms with van der Waals surface area (Å²) in [7, 11) is 7.53. The summed E-state index contributed by atoms with van der Waals surface area (Å²) < 4.78 is 70.0. The molecule has 2 aromatic heterocycles. The number of benzene rings is 4. The van der Waals surface area contributed by atoms with Gasteiger partial charge >= 0.3 is 17.9 Å². The largest absolute Gasteiger partial charge is 0.481 e. The number of esters is 1. The number of nitrogens with zero attached hydrogens (tertiary/aromatic N) is 7. The number of aromatic nitrogens is 4. The number of fused-ring (bicyclic) bond motifs is 6. The summed E-state index contributed by atoms with van der Waals surface area (Å²) in [6, 6.07) is 6.67. The number of hydrogen-bond donors (Lipinski definition) is 14. The number of nitrogens with two attached hydrogens (primary N) is 1. The van der Waals surface area contributed by atoms with Crippen LogP contribution in [0.4, 0.5) is 34.6 Å². The van der Waals surface area contributed by atoms with Crippen LogP contribution >= 0.6 is 0 Å². The second kappa shape index (κ2) is 36.2. The summed E-state index contributed by atoms with van der Waals surface area (Å²) in [6.45, 7) is -0.726. The minimum Gasteiger partial charge on any atom is -0.481 e. The van der Waals surface area contributed by atoms with E-state index in [2.05, 4.69) is 77.8 Å². The Bertz CT molecular complexity index is 4340. The number of hydrogen-bond acceptors (Lipinski definition) is 20. The molecule has 0 saturated heterocycles. The SMILES string of the molecule is C[C@H](NC(=O)CNC(=O)[C@@H](N)CCCCNC(=O)c1c(F)c(F)c(N=[N+]=[N-])c(F)c1F)C(=O)N[C@@H](CCC(=O)O)C(=O)N[C@@H](Cc1cnc[nH]1)C(=O)N[C@@H](Cc1cnc[nH]1)C(=O)N[C@@H](CCCCNC(=O)c1ccc2c(c1)C(=O)OC21c2ccc(N(C)C)cc2Oc2cc(N(C)C)ccc21)C(=O)NCC(=O)O. The van der Waals surface area contributed by atoms with E-state index in [9.17, 15) is 85.3 Å². The minimum atomic E-state index is -2.11. The van der Waals surface area contributed by atoms with E-state index in [0.29, 0.717) is 28.2 Å². The average Bonchev–Trinajstić information content (AvgIpc) is 1.59. The zero-order valence-electron chi connectivity index (χ0n) is 58.2. The van der Waals surface area contributed by atoms with Crippen molar-refractivity contribution in [2.24, 2.45) is 10.8 Å². The van der Waals surface area contributed by atoms with Crippen molar-refractivity contribution in [2.75, 3.05) is 64.2 Å². The topological polar surface area (TPSA) is 511 Å². The third-order valence-corrected chi connectivity index (χ3v) is 17.2. The Morgan fingerprint density at radius 3 is 1.63 bits per heavy atom. The van der Waals surface area contributed by atoms with Crippen molar-refractivity contribution >= 4 is 88.1 Å². The molecule has 2 aliphatic rings. The molecule has 0 aliphatic carbocycles. The van der Waals surface area contributed by atoms with Gasteiger partial charge in [-0.15, -0.1) is 0 Å². The van der Waals surface area contributed by atoms with Gasteiger partial charge in [0.15, 0.2) is 28.9 Å². The molecule has 568 valence electrons. The maximum absolute atomic E-state index is 14.5. The van der Waals surface area contributed by atoms with Gasteiger partial charge in [-0.25, -0.2) is 32.3 Å². The number of aliphatic carboxylic acids is 2. The van der Waals surface area contributed by atoms with Gasteiger partial charge in [0, 0.05) is 135 Å². The van der Waals surface area contributed by atoms with Crippen LogP contribution in [0.15, 0.2) is 84.8 Å². The van der Waals surface area contributed by atoms with Crippen LogP contribution in [0.5, 0.6) is 11.5 Å². The molecule has 107 heavy (non-hydrogen) atoms. The fourth-order valence-corrected chi connectivity index (χ4v) is 11.6. The van der Waals surface area contributed by atoms with Gasteiger partial charge in [0.2, 0.25) is 41.4 Å². The molecule has 4 heterocycles. The van der Waals surface area contributed by atoms with E-state index in [1.807, 2.05) is 74.4 Å². The van der Waals surface area contributed by atoms with Crippen LogP contribution in [0.2, 0.25) is 0 Å². The monoisotopic (exact) mass is 1490 g/mol. The fourth-order valence-electron chi connectivity index (χ4n) is 11.6. The first kappa shape index (κ1) is 80.0. The zero-order valence-corrected chi connectivity index (χ0v) is 58.2. The predicted octanol–water partition coefficient (Wildman–Crippen LogP) is 2.27. The third kappa shape index (κ3) is 20.0. The van der Waals surface area contributed by atoms with Gasteiger partial charge in [-0.05, 0) is 93.8 Å². The molecule has 15 N–H and O–H groups in total. The number of amides is 9. The van der Waals surface area contributed by atoms with Crippen molar-refractivity contribution in [1.82, 2.24) is 67.8 Å². The molecular formula is C68H77F4N19O16. The van der Waals surface area contributed by atoms with E-state index in [-0.39, 0.29) is 87.0 Å². The first-order valence-electron chi connectivity index (χ1n) is 33.3. The lowest BCUT2D eigenvalue weighted by atomic mass is 9.77. The number of carboxylic acid groups (broad SMARTS) is 2. The smallest absolute Gasteiger partial charge is 0.340 e. The van der Waals surface area contributed by atoms with E-state index in [4.69, 9.17) is 20.7 Å². The highest BCUT2D eigenvalue weighted by molar-refractivity contribution is 6.02. The van der Waals surface area contributed by atoms with Crippen LogP contribution in [0.1, 0.15) is 117 Å². The number of H-pyrrole nitrogens is 2. The van der Waals surface area contributed by atoms with Crippen LogP contribution in [0, 0.1) is 23.3 Å². The molecule has 0 unspecified atom stereocenters. The number of halogens is 4. The third-order valence-electron chi connectivity index (χ3n) is 17.2. The lowest BCUT2D eigenvalue weighted by molar-refractivity contribution is -0.139. The number of carbonyl (C=O) groups is 12. The van der Waals surface area contributed by atoms with Crippen molar-refractivity contribution in [2.45, 2.75) is 113 Å². The van der Waals surface area contributed by atoms with Gasteiger partial charge in [0.25, 0.3) is 11.8 Å². The molecule has 2 aliphatic heterocycles. The molecule has 8 rings (SSSR count). The van der Waals surface area contributed by atoms with Crippen LogP contribution in [0.3, 0.4) is 0 Å². The predicted molar refractivity (Wildman–Crippen MR) is 369 cm³/mol. The van der Waals surface area contributed by atoms with Crippen LogP contribution in [-0.2, 0) is 66.3 Å². The zero-order chi connectivity index (χ0) is 78.0. The van der Waals surface area contributed by atoms with E-state index >= 15 is 0 Å². The Labute approximate surface area is 606 Å². The van der Waals surface area contributed by atoms with Crippen molar-refractivity contribution in [1.29, 1.82) is 0 Å². The average molecular weight is 1490 g/mol. The Morgan fingerprint density at radius 2 is 1.10 bits per heavy atom. The highest BCUT2D eigenvalue weighted by Crippen LogP contribution is 2.57. The highest BCUT2D eigenvalue weighted by atomic mass is 19.2. The summed E-state index contributed by atoms with van der Waals surface area (Å²) in [5.41, 5.74) is 13.8. The number of carbonyl (C=O) groups excluding carboxylic acids is 10. The van der Waals surface area contributed by atoms with Crippen molar-refractivity contribution < 1.29 is 94.8 Å². The maximum Gasteiger partial charge on any atom is 0.340 e. The summed E-state index contributed by atoms with van der Waals surface area (Å²) in [6.07, 6.45) is 3.39. The highest BCUT2D eigenvalue weighted by Gasteiger charge is 2.54. The number of imidazole rings is 2. The summed E-state index contributed by atoms with van der Waals surface area (Å²) in [5.74, 6) is -20.0. The van der Waals surface area contributed by atoms with Crippen molar-refractivity contribution in [3.8, 4) is 11.5 Å². The number of unbranched alkanes of at least 4 members (excludes halogenated alkanes) is 2. The number of aromatic amines is 2. The molecule has 0 radical (unpaired) electrons. The van der Waals surface area contributed by atoms with E-state index < -0.39 is 173 Å². The summed E-state index contributed by atoms with van der Waals surface area (Å²) in [5, 5.41) is 43.2. The van der Waals surface area contributed by atoms with Gasteiger partial charge in [-0.3, -0.25) is 52.7 Å². The van der Waals surface area contributed by atoms with Gasteiger partial charge in [0.1, 0.15) is 59.5 Å². The molecule has 9 amide bonds. The lowest BCUT2D eigenvalue weighted by Gasteiger charge is -2.37. The number of nitrogens with one attached hydrogen (secondary N) is 11. The van der Waals surface area contributed by atoms with Crippen molar-refractivity contribution in [3.05, 3.63) is 158 Å². The number of ether oxygens (including phenoxy) is 2. The summed E-state index contributed by atoms with van der Waals surface area (Å²) in [4.78, 5) is 179. The molecule has 0 fully saturated rings. The van der Waals surface area contributed by atoms with E-state index in [1.54, 1.807) is 12.1 Å². The molecule has 4 aromatic carbocycles. The molecule has 35 nitrogen and oxygen atoms in total. The Balaban J connectivity index is 0.867. The minimum absolute atomic E-state index is 0.0138. The number of azide groups is 1. The number of anilines is 2. The van der Waals surface area contributed by atoms with Gasteiger partial charge in [-0.1, -0.05) is 11.2 Å². The molecule has 6 atom stereocenters. The molecule has 39 heteroatoms. The van der Waals surface area contributed by atoms with Crippen LogP contribution < -0.4 is 68.1 Å². The Hall–Kier alpha value is -12.7. The second-order valence-corrected chi connectivity index (χ2v) is 25.2. The lowest BCUT2D eigenvalue weighted by Crippen LogP contribution is -2.60. The Kier molecular flexibility index (Phi) is 27.0. The second-order valence-electron chi connectivity index (χ2n) is 25.2. The van der Waals surface area contributed by atoms with Crippen LogP contribution in [-0.4, -0.2) is 192 Å². The summed E-state index contributed by atoms with van der Waals surface area (Å²) >= 11 is 0. The first-order valence-corrected chi connectivity index (χ1v) is 33.3. The standard InChI is InChI=1S/C68H77F4N19O16/c1-33(83-50(92)29-79-61(99)43(73)10-6-8-21-78-66(104)53-54(69)56(71)58(88-89-74)57(72)55(53)70)59(97)84-45(18-19-51(93)94)63(101)86-47(24-36-28-76-32-82-36)65(103)87-46(23-35-27-75-31-81-35)64(102)85-44(62(100)80-30-52(95)96)11-7-9-20-77-60(98)34-12-15-40-39(22-34)67(105)107-68(40)41-16-13-37(90(2)3)25-48(41)106-49-26-38(91(4)5)14-17-42(49)68/h12-17,22,25-28,31-33,43-47H,6-11,18-21,23-24,29-30,73H2,1-5H3,(H,75,81)(H,76,82)(H,77,98)(H,78,104)(H,79,99)(H,80,100)(H,83,92)(H,84,97)(H,85,102)(H,86,101)(H,87,103)(H,93,94)(H,95,96)/t33-,43-,44-,45-,46-,47-/m0/s1. The maximum atomic E-state index is 14.5. The number of rotatable bonds is 37. The first-order chi connectivity index (χ1) is 50.9. The normalized spacial score (nSPS) is 13.8. The van der Waals surface area contributed by atoms with Gasteiger partial charge < -0.3 is 93.0 Å². The quantitative estimate of drug-likeness (QED) is 0.00506. The molecule has 0 saturated carbocycles. The van der Waals surface area contributed by atoms with Gasteiger partial charge in [-0.2, -0.15) is 0 Å². The number of carboxylic acids is 2. The fraction of sp³-hybridized carbons (Fsp3) is 0.382. The Morgan fingerprint density at radius 1 is 0.598 bits per heavy atom. The van der Waals surface area contributed by atoms with E-state index in [1.165, 1.54) is 38.0 Å². The molecule has 0 bridgehead atoms. The molecule has 6 aromatic rings. The molecular weight excluding hydrogens is 1410 g/mol. The van der Waals surface area contributed by atoms with Gasteiger partial charge in [0.05, 0.1) is 30.8 Å². The van der Waals surface area contributed by atoms with E-state index in [0.717, 1.165) is 11.4 Å².